The smallest absolute Gasteiger partial charge is 0.152 e. The summed E-state index contributed by atoms with van der Waals surface area (Å²) in [5.74, 6) is -0.140. The molecule has 2 nitrogen and oxygen atoms in total. The van der Waals surface area contributed by atoms with Crippen LogP contribution in [0.1, 0.15) is 13.3 Å². The molecule has 0 radical (unpaired) electrons. The third-order valence-electron chi connectivity index (χ3n) is 3.52. The van der Waals surface area contributed by atoms with Gasteiger partial charge in [-0.3, -0.25) is 4.98 Å². The van der Waals surface area contributed by atoms with Gasteiger partial charge in [-0.2, -0.15) is 11.8 Å². The normalized spacial score (nSPS) is 12.7. The van der Waals surface area contributed by atoms with E-state index in [0.29, 0.717) is 11.4 Å². The van der Waals surface area contributed by atoms with Crippen LogP contribution in [-0.4, -0.2) is 30.1 Å². The largest absolute Gasteiger partial charge is 0.371 e. The number of hydrogen-bond donors (Lipinski definition) is 0. The highest BCUT2D eigenvalue weighted by Gasteiger charge is 2.15. The average molecular weight is 296 g/mol. The molecule has 0 saturated carbocycles. The number of fused-ring (bicyclic) bond motifs is 1. The van der Waals surface area contributed by atoms with Gasteiger partial charge in [-0.25, -0.2) is 8.78 Å². The van der Waals surface area contributed by atoms with Crippen molar-refractivity contribution in [2.24, 2.45) is 0 Å². The molecule has 0 N–H and O–H groups in total. The second-order valence-electron chi connectivity index (χ2n) is 4.86. The first-order valence-electron chi connectivity index (χ1n) is 6.50. The summed E-state index contributed by atoms with van der Waals surface area (Å²) in [5, 5.41) is 0.517. The van der Waals surface area contributed by atoms with E-state index in [1.54, 1.807) is 24.0 Å². The van der Waals surface area contributed by atoms with E-state index in [9.17, 15) is 8.78 Å². The van der Waals surface area contributed by atoms with Crippen LogP contribution in [0, 0.1) is 11.6 Å². The number of benzene rings is 1. The van der Waals surface area contributed by atoms with Crippen LogP contribution in [0.25, 0.3) is 10.9 Å². The Labute approximate surface area is 122 Å². The predicted molar refractivity (Wildman–Crippen MR) is 82.5 cm³/mol. The summed E-state index contributed by atoms with van der Waals surface area (Å²) in [6, 6.07) is 4.31. The molecule has 1 aromatic carbocycles. The van der Waals surface area contributed by atoms with Crippen LogP contribution >= 0.6 is 11.8 Å². The summed E-state index contributed by atoms with van der Waals surface area (Å²) in [6.07, 6.45) is 4.65. The minimum absolute atomic E-state index is 0.216. The van der Waals surface area contributed by atoms with E-state index in [4.69, 9.17) is 0 Å². The van der Waals surface area contributed by atoms with Gasteiger partial charge in [-0.15, -0.1) is 0 Å². The van der Waals surface area contributed by atoms with Crippen molar-refractivity contribution < 1.29 is 8.78 Å². The molecule has 0 aliphatic carbocycles. The molecule has 1 unspecified atom stereocenters. The Hall–Kier alpha value is -1.36. The fourth-order valence-corrected chi connectivity index (χ4v) is 2.77. The average Bonchev–Trinajstić information content (AvgIpc) is 2.43. The Morgan fingerprint density at radius 1 is 1.35 bits per heavy atom. The Balaban J connectivity index is 2.43. The third kappa shape index (κ3) is 3.03. The van der Waals surface area contributed by atoms with E-state index in [0.717, 1.165) is 23.9 Å². The molecule has 5 heteroatoms. The number of rotatable bonds is 5. The lowest BCUT2D eigenvalue weighted by atomic mass is 10.1. The Kier molecular flexibility index (Phi) is 4.81. The maximum absolute atomic E-state index is 13.8. The minimum Gasteiger partial charge on any atom is -0.371 e. The van der Waals surface area contributed by atoms with Crippen molar-refractivity contribution in [3.8, 4) is 0 Å². The van der Waals surface area contributed by atoms with Gasteiger partial charge in [0.05, 0.1) is 0 Å². The van der Waals surface area contributed by atoms with Crippen molar-refractivity contribution in [2.75, 3.05) is 24.0 Å². The Morgan fingerprint density at radius 2 is 2.10 bits per heavy atom. The fourth-order valence-electron chi connectivity index (χ4n) is 2.19. The van der Waals surface area contributed by atoms with E-state index in [2.05, 4.69) is 23.1 Å². The lowest BCUT2D eigenvalue weighted by molar-refractivity contribution is 0.590. The van der Waals surface area contributed by atoms with Crippen molar-refractivity contribution in [3.63, 3.8) is 0 Å². The molecule has 0 bridgehead atoms. The van der Waals surface area contributed by atoms with Crippen molar-refractivity contribution in [1.82, 2.24) is 4.98 Å². The van der Waals surface area contributed by atoms with E-state index in [1.807, 2.05) is 7.05 Å². The minimum atomic E-state index is -0.619. The molecule has 0 saturated heterocycles. The van der Waals surface area contributed by atoms with Gasteiger partial charge < -0.3 is 4.90 Å². The summed E-state index contributed by atoms with van der Waals surface area (Å²) in [6.45, 7) is 2.11. The van der Waals surface area contributed by atoms with Gasteiger partial charge in [0, 0.05) is 36.4 Å². The molecule has 1 heterocycles. The lowest BCUT2D eigenvalue weighted by Crippen LogP contribution is -2.29. The first-order valence-corrected chi connectivity index (χ1v) is 7.89. The van der Waals surface area contributed by atoms with Crippen molar-refractivity contribution in [2.45, 2.75) is 19.4 Å². The molecule has 0 amide bonds. The molecule has 1 aromatic heterocycles. The van der Waals surface area contributed by atoms with E-state index in [1.165, 1.54) is 6.07 Å². The van der Waals surface area contributed by atoms with Crippen molar-refractivity contribution >= 4 is 28.4 Å². The summed E-state index contributed by atoms with van der Waals surface area (Å²) in [5.41, 5.74) is 1.02. The zero-order valence-corrected chi connectivity index (χ0v) is 12.7. The van der Waals surface area contributed by atoms with Crippen LogP contribution in [0.3, 0.4) is 0 Å². The monoisotopic (exact) mass is 296 g/mol. The number of anilines is 1. The first kappa shape index (κ1) is 15.0. The number of aromatic nitrogens is 1. The van der Waals surface area contributed by atoms with Gasteiger partial charge in [0.1, 0.15) is 11.3 Å². The van der Waals surface area contributed by atoms with Crippen molar-refractivity contribution in [3.05, 3.63) is 36.0 Å². The number of hydrogen-bond acceptors (Lipinski definition) is 3. The number of halogens is 2. The third-order valence-corrected chi connectivity index (χ3v) is 4.17. The highest BCUT2D eigenvalue weighted by molar-refractivity contribution is 7.98. The summed E-state index contributed by atoms with van der Waals surface area (Å²) in [4.78, 5) is 6.07. The van der Waals surface area contributed by atoms with Gasteiger partial charge in [-0.1, -0.05) is 0 Å². The molecule has 2 rings (SSSR count). The second-order valence-corrected chi connectivity index (χ2v) is 5.84. The Bertz CT molecular complexity index is 604. The summed E-state index contributed by atoms with van der Waals surface area (Å²) in [7, 11) is 1.95. The molecule has 2 aromatic rings. The van der Waals surface area contributed by atoms with Gasteiger partial charge >= 0.3 is 0 Å². The highest BCUT2D eigenvalue weighted by Crippen LogP contribution is 2.28. The van der Waals surface area contributed by atoms with Crippen LogP contribution in [0.5, 0.6) is 0 Å². The highest BCUT2D eigenvalue weighted by atomic mass is 32.2. The molecular formula is C15H18F2N2S. The number of nitrogens with zero attached hydrogens (tertiary/aromatic N) is 2. The summed E-state index contributed by atoms with van der Waals surface area (Å²) < 4.78 is 27.2. The maximum Gasteiger partial charge on any atom is 0.152 e. The van der Waals surface area contributed by atoms with Crippen molar-refractivity contribution in [1.29, 1.82) is 0 Å². The predicted octanol–water partition coefficient (Wildman–Crippen LogP) is 4.09. The second kappa shape index (κ2) is 6.39. The molecule has 1 atom stereocenters. The van der Waals surface area contributed by atoms with E-state index in [-0.39, 0.29) is 5.52 Å². The van der Waals surface area contributed by atoms with E-state index < -0.39 is 11.6 Å². The van der Waals surface area contributed by atoms with Crippen LogP contribution < -0.4 is 4.90 Å². The molecular weight excluding hydrogens is 278 g/mol. The molecule has 0 fully saturated rings. The standard InChI is InChI=1S/C15H18F2N2S/c1-10(5-7-20-3)19(2)14-4-6-18-15-12(14)8-11(16)9-13(15)17/h4,6,8-10H,5,7H2,1-3H3. The quantitative estimate of drug-likeness (QED) is 0.826. The van der Waals surface area contributed by atoms with E-state index >= 15 is 0 Å². The fraction of sp³-hybridized carbons (Fsp3) is 0.400. The molecule has 108 valence electrons. The van der Waals surface area contributed by atoms with Gasteiger partial charge in [-0.05, 0) is 37.5 Å². The lowest BCUT2D eigenvalue weighted by Gasteiger charge is -2.28. The zero-order chi connectivity index (χ0) is 14.7. The molecule has 0 aliphatic heterocycles. The van der Waals surface area contributed by atoms with Crippen LogP contribution in [0.4, 0.5) is 14.5 Å². The van der Waals surface area contributed by atoms with Gasteiger partial charge in [0.2, 0.25) is 0 Å². The first-order chi connectivity index (χ1) is 9.54. The number of thioether (sulfide) groups is 1. The number of pyridine rings is 1. The topological polar surface area (TPSA) is 16.1 Å². The van der Waals surface area contributed by atoms with Crippen LogP contribution in [0.15, 0.2) is 24.4 Å². The molecule has 0 spiro atoms. The Morgan fingerprint density at radius 3 is 2.80 bits per heavy atom. The zero-order valence-electron chi connectivity index (χ0n) is 11.9. The SMILES string of the molecule is CSCCC(C)N(C)c1ccnc2c(F)cc(F)cc12. The van der Waals surface area contributed by atoms with Gasteiger partial charge in [0.15, 0.2) is 5.82 Å². The summed E-state index contributed by atoms with van der Waals surface area (Å²) >= 11 is 1.79. The molecule has 0 aliphatic rings. The van der Waals surface area contributed by atoms with Crippen LogP contribution in [0.2, 0.25) is 0 Å². The van der Waals surface area contributed by atoms with Gasteiger partial charge in [0.25, 0.3) is 0 Å². The maximum atomic E-state index is 13.8. The molecule has 20 heavy (non-hydrogen) atoms. The van der Waals surface area contributed by atoms with Crippen LogP contribution in [-0.2, 0) is 0 Å².